The maximum atomic E-state index is 12.1. The first-order valence-corrected chi connectivity index (χ1v) is 6.32. The molecule has 4 heteroatoms. The Hall–Kier alpha value is -1.39. The van der Waals surface area contributed by atoms with Crippen LogP contribution in [0.2, 0.25) is 0 Å². The Labute approximate surface area is 108 Å². The van der Waals surface area contributed by atoms with Crippen molar-refractivity contribution >= 4 is 5.91 Å². The molecule has 0 radical (unpaired) electrons. The third kappa shape index (κ3) is 2.89. The molecule has 1 aliphatic heterocycles. The summed E-state index contributed by atoms with van der Waals surface area (Å²) in [5.41, 5.74) is 8.48. The van der Waals surface area contributed by atoms with E-state index in [2.05, 4.69) is 12.1 Å². The Morgan fingerprint density at radius 3 is 2.39 bits per heavy atom. The van der Waals surface area contributed by atoms with Gasteiger partial charge in [0.15, 0.2) is 0 Å². The monoisotopic (exact) mass is 248 g/mol. The van der Waals surface area contributed by atoms with Crippen molar-refractivity contribution in [3.05, 3.63) is 35.4 Å². The van der Waals surface area contributed by atoms with Gasteiger partial charge in [-0.3, -0.25) is 4.79 Å². The van der Waals surface area contributed by atoms with E-state index in [0.717, 1.165) is 25.9 Å². The van der Waals surface area contributed by atoms with Crippen LogP contribution in [-0.4, -0.2) is 43.7 Å². The Kier molecular flexibility index (Phi) is 4.33. The lowest BCUT2D eigenvalue weighted by molar-refractivity contribution is -0.133. The molecular formula is C14H20N2O2. The van der Waals surface area contributed by atoms with E-state index in [4.69, 9.17) is 10.5 Å². The van der Waals surface area contributed by atoms with Crippen LogP contribution in [0, 0.1) is 0 Å². The van der Waals surface area contributed by atoms with Crippen LogP contribution in [0.4, 0.5) is 0 Å². The molecule has 4 nitrogen and oxygen atoms in total. The fraction of sp³-hybridized carbons (Fsp3) is 0.500. The Balaban J connectivity index is 2.01. The summed E-state index contributed by atoms with van der Waals surface area (Å²) in [6.45, 7) is 1.77. The van der Waals surface area contributed by atoms with E-state index in [1.807, 2.05) is 17.0 Å². The molecule has 0 spiro atoms. The van der Waals surface area contributed by atoms with E-state index in [1.54, 1.807) is 7.11 Å². The molecule has 0 bridgehead atoms. The van der Waals surface area contributed by atoms with Crippen molar-refractivity contribution in [2.24, 2.45) is 5.73 Å². The number of fused-ring (bicyclic) bond motifs is 1. The number of rotatable bonds is 3. The van der Waals surface area contributed by atoms with Crippen LogP contribution in [0.3, 0.4) is 0 Å². The van der Waals surface area contributed by atoms with E-state index in [-0.39, 0.29) is 12.5 Å². The van der Waals surface area contributed by atoms with Gasteiger partial charge in [0.2, 0.25) is 5.91 Å². The average molecular weight is 248 g/mol. The highest BCUT2D eigenvalue weighted by molar-refractivity contribution is 5.81. The molecule has 1 aromatic carbocycles. The fourth-order valence-electron chi connectivity index (χ4n) is 2.37. The second kappa shape index (κ2) is 5.98. The largest absolute Gasteiger partial charge is 0.383 e. The molecule has 1 aromatic rings. The highest BCUT2D eigenvalue weighted by Gasteiger charge is 2.22. The van der Waals surface area contributed by atoms with Crippen LogP contribution >= 0.6 is 0 Å². The second-order valence-electron chi connectivity index (χ2n) is 4.66. The lowest BCUT2D eigenvalue weighted by Crippen LogP contribution is -2.47. The number of carbonyl (C=O) groups is 1. The summed E-state index contributed by atoms with van der Waals surface area (Å²) in [7, 11) is 1.56. The fourth-order valence-corrected chi connectivity index (χ4v) is 2.37. The molecule has 1 unspecified atom stereocenters. The van der Waals surface area contributed by atoms with Crippen LogP contribution in [0.5, 0.6) is 0 Å². The highest BCUT2D eigenvalue weighted by Crippen LogP contribution is 2.15. The smallest absolute Gasteiger partial charge is 0.241 e. The molecule has 1 amide bonds. The molecule has 0 aromatic heterocycles. The third-order valence-electron chi connectivity index (χ3n) is 3.40. The minimum atomic E-state index is -0.545. The van der Waals surface area contributed by atoms with Crippen molar-refractivity contribution in [3.63, 3.8) is 0 Å². The number of ether oxygens (including phenoxy) is 1. The first kappa shape index (κ1) is 13.1. The number of carbonyl (C=O) groups excluding carboxylic acids is 1. The van der Waals surface area contributed by atoms with E-state index in [9.17, 15) is 4.79 Å². The van der Waals surface area contributed by atoms with Crippen molar-refractivity contribution in [2.75, 3.05) is 26.8 Å². The minimum Gasteiger partial charge on any atom is -0.383 e. The van der Waals surface area contributed by atoms with Gasteiger partial charge in [-0.2, -0.15) is 0 Å². The predicted octanol–water partition coefficient (Wildman–Crippen LogP) is 0.588. The number of hydrogen-bond acceptors (Lipinski definition) is 3. The lowest BCUT2D eigenvalue weighted by Gasteiger charge is -2.23. The zero-order chi connectivity index (χ0) is 13.0. The van der Waals surface area contributed by atoms with Gasteiger partial charge in [-0.1, -0.05) is 24.3 Å². The maximum Gasteiger partial charge on any atom is 0.241 e. The van der Waals surface area contributed by atoms with Gasteiger partial charge in [-0.25, -0.2) is 0 Å². The molecule has 0 aliphatic carbocycles. The molecular weight excluding hydrogens is 228 g/mol. The first-order valence-electron chi connectivity index (χ1n) is 6.32. The van der Waals surface area contributed by atoms with Crippen molar-refractivity contribution in [2.45, 2.75) is 18.9 Å². The van der Waals surface area contributed by atoms with Gasteiger partial charge in [-0.15, -0.1) is 0 Å². The first-order chi connectivity index (χ1) is 8.72. The topological polar surface area (TPSA) is 55.6 Å². The summed E-state index contributed by atoms with van der Waals surface area (Å²) < 4.78 is 4.94. The van der Waals surface area contributed by atoms with Gasteiger partial charge >= 0.3 is 0 Å². The SMILES string of the molecule is COCC(N)C(=O)N1CCc2ccccc2CC1. The minimum absolute atomic E-state index is 0.00958. The van der Waals surface area contributed by atoms with Crippen molar-refractivity contribution < 1.29 is 9.53 Å². The summed E-state index contributed by atoms with van der Waals surface area (Å²) >= 11 is 0. The van der Waals surface area contributed by atoms with E-state index < -0.39 is 6.04 Å². The lowest BCUT2D eigenvalue weighted by atomic mass is 10.0. The molecule has 98 valence electrons. The average Bonchev–Trinajstić information content (AvgIpc) is 2.60. The Bertz CT molecular complexity index is 393. The van der Waals surface area contributed by atoms with Crippen LogP contribution < -0.4 is 5.73 Å². The zero-order valence-corrected chi connectivity index (χ0v) is 10.8. The van der Waals surface area contributed by atoms with Gasteiger partial charge in [0.25, 0.3) is 0 Å². The molecule has 0 saturated carbocycles. The second-order valence-corrected chi connectivity index (χ2v) is 4.66. The molecule has 18 heavy (non-hydrogen) atoms. The molecule has 1 aliphatic rings. The summed E-state index contributed by atoms with van der Waals surface area (Å²) in [5, 5.41) is 0. The maximum absolute atomic E-state index is 12.1. The van der Waals surface area contributed by atoms with Gasteiger partial charge in [0.1, 0.15) is 6.04 Å². The van der Waals surface area contributed by atoms with Crippen molar-refractivity contribution in [3.8, 4) is 0 Å². The molecule has 2 N–H and O–H groups in total. The van der Waals surface area contributed by atoms with E-state index >= 15 is 0 Å². The molecule has 0 fully saturated rings. The van der Waals surface area contributed by atoms with Gasteiger partial charge < -0.3 is 15.4 Å². The van der Waals surface area contributed by atoms with Gasteiger partial charge in [-0.05, 0) is 24.0 Å². The summed E-state index contributed by atoms with van der Waals surface area (Å²) in [6, 6.07) is 7.83. The number of nitrogens with zero attached hydrogens (tertiary/aromatic N) is 1. The number of amides is 1. The number of nitrogens with two attached hydrogens (primary N) is 1. The Morgan fingerprint density at radius 2 is 1.89 bits per heavy atom. The summed E-state index contributed by atoms with van der Waals surface area (Å²) in [4.78, 5) is 14.0. The predicted molar refractivity (Wildman–Crippen MR) is 70.3 cm³/mol. The highest BCUT2D eigenvalue weighted by atomic mass is 16.5. The summed E-state index contributed by atoms with van der Waals surface area (Å²) in [5.74, 6) is -0.00958. The summed E-state index contributed by atoms with van der Waals surface area (Å²) in [6.07, 6.45) is 1.81. The molecule has 2 rings (SSSR count). The van der Waals surface area contributed by atoms with Gasteiger partial charge in [0.05, 0.1) is 6.61 Å². The number of hydrogen-bond donors (Lipinski definition) is 1. The van der Waals surface area contributed by atoms with E-state index in [1.165, 1.54) is 11.1 Å². The van der Waals surface area contributed by atoms with Crippen LogP contribution in [0.1, 0.15) is 11.1 Å². The van der Waals surface area contributed by atoms with Crippen LogP contribution in [0.15, 0.2) is 24.3 Å². The Morgan fingerprint density at radius 1 is 1.33 bits per heavy atom. The van der Waals surface area contributed by atoms with Crippen LogP contribution in [-0.2, 0) is 22.4 Å². The molecule has 0 saturated heterocycles. The third-order valence-corrected chi connectivity index (χ3v) is 3.40. The number of benzene rings is 1. The standard InChI is InChI=1S/C14H20N2O2/c1-18-10-13(15)14(17)16-8-6-11-4-2-3-5-12(11)7-9-16/h2-5,13H,6-10,15H2,1H3. The van der Waals surface area contributed by atoms with Crippen molar-refractivity contribution in [1.29, 1.82) is 0 Å². The van der Waals surface area contributed by atoms with Crippen molar-refractivity contribution in [1.82, 2.24) is 4.90 Å². The normalized spacial score (nSPS) is 16.9. The van der Waals surface area contributed by atoms with E-state index in [0.29, 0.717) is 0 Å². The quantitative estimate of drug-likeness (QED) is 0.851. The molecule has 1 heterocycles. The number of methoxy groups -OCH3 is 1. The van der Waals surface area contributed by atoms with Gasteiger partial charge in [0, 0.05) is 20.2 Å². The molecule has 1 atom stereocenters. The zero-order valence-electron chi connectivity index (χ0n) is 10.8. The van der Waals surface area contributed by atoms with Crippen LogP contribution in [0.25, 0.3) is 0 Å².